The van der Waals surface area contributed by atoms with Crippen LogP contribution in [-0.4, -0.2) is 68.5 Å². The van der Waals surface area contributed by atoms with Gasteiger partial charge in [0.15, 0.2) is 17.5 Å². The van der Waals surface area contributed by atoms with E-state index in [2.05, 4.69) is 34.4 Å². The van der Waals surface area contributed by atoms with E-state index in [-0.39, 0.29) is 35.8 Å². The van der Waals surface area contributed by atoms with Gasteiger partial charge in [-0.05, 0) is 30.5 Å². The number of halogens is 1. The van der Waals surface area contributed by atoms with Crippen molar-refractivity contribution in [1.82, 2.24) is 15.5 Å². The van der Waals surface area contributed by atoms with Crippen molar-refractivity contribution in [2.75, 3.05) is 46.4 Å². The first-order valence-electron chi connectivity index (χ1n) is 9.73. The van der Waals surface area contributed by atoms with Crippen molar-refractivity contribution in [1.29, 1.82) is 0 Å². The number of rotatable bonds is 8. The summed E-state index contributed by atoms with van der Waals surface area (Å²) in [6.45, 7) is 12.3. The summed E-state index contributed by atoms with van der Waals surface area (Å²) < 4.78 is 11.0. The Bertz CT molecular complexity index is 613. The van der Waals surface area contributed by atoms with E-state index in [4.69, 9.17) is 9.47 Å². The lowest BCUT2D eigenvalue weighted by Crippen LogP contribution is -2.50. The zero-order valence-corrected chi connectivity index (χ0v) is 19.7. The molecule has 1 saturated heterocycles. The van der Waals surface area contributed by atoms with Crippen LogP contribution in [0.4, 0.5) is 0 Å². The van der Waals surface area contributed by atoms with Crippen molar-refractivity contribution in [2.45, 2.75) is 33.4 Å². The third-order valence-corrected chi connectivity index (χ3v) is 4.35. The monoisotopic (exact) mass is 506 g/mol. The number of morpholine rings is 1. The summed E-state index contributed by atoms with van der Waals surface area (Å²) in [5.74, 6) is 2.01. The van der Waals surface area contributed by atoms with E-state index in [0.717, 1.165) is 44.3 Å². The van der Waals surface area contributed by atoms with Gasteiger partial charge in [-0.15, -0.1) is 24.0 Å². The molecule has 8 heteroatoms. The van der Waals surface area contributed by atoms with Crippen LogP contribution < -0.4 is 15.4 Å². The first kappa shape index (κ1) is 24.8. The van der Waals surface area contributed by atoms with Gasteiger partial charge >= 0.3 is 0 Å². The predicted octanol–water partition coefficient (Wildman–Crippen LogP) is 2.43. The summed E-state index contributed by atoms with van der Waals surface area (Å²) in [6, 6.07) is 5.33. The quantitative estimate of drug-likeness (QED) is 0.286. The molecule has 2 rings (SSSR count). The predicted molar refractivity (Wildman–Crippen MR) is 124 cm³/mol. The zero-order valence-electron chi connectivity index (χ0n) is 17.4. The number of nitrogens with zero attached hydrogens (tertiary/aromatic N) is 2. The highest BCUT2D eigenvalue weighted by atomic mass is 127. The van der Waals surface area contributed by atoms with E-state index >= 15 is 0 Å². The largest absolute Gasteiger partial charge is 0.504 e. The van der Waals surface area contributed by atoms with E-state index in [0.29, 0.717) is 24.8 Å². The second-order valence-corrected chi connectivity index (χ2v) is 7.23. The number of hydrogen-bond acceptors (Lipinski definition) is 5. The summed E-state index contributed by atoms with van der Waals surface area (Å²) >= 11 is 0. The summed E-state index contributed by atoms with van der Waals surface area (Å²) in [4.78, 5) is 7.07. The van der Waals surface area contributed by atoms with Crippen LogP contribution in [0.5, 0.6) is 11.5 Å². The fraction of sp³-hybridized carbons (Fsp3) is 0.650. The number of guanidine groups is 1. The fourth-order valence-electron chi connectivity index (χ4n) is 3.14. The molecule has 0 radical (unpaired) electrons. The zero-order chi connectivity index (χ0) is 19.6. The highest BCUT2D eigenvalue weighted by Gasteiger charge is 2.21. The number of phenolic OH excluding ortho intramolecular Hbond substituents is 1. The number of hydrogen-bond donors (Lipinski definition) is 3. The van der Waals surface area contributed by atoms with Crippen molar-refractivity contribution >= 4 is 29.9 Å². The Labute approximate surface area is 185 Å². The van der Waals surface area contributed by atoms with Crippen LogP contribution in [0.3, 0.4) is 0 Å². The third-order valence-electron chi connectivity index (χ3n) is 4.35. The number of aromatic hydroxyl groups is 1. The van der Waals surface area contributed by atoms with Gasteiger partial charge in [-0.2, -0.15) is 0 Å². The lowest BCUT2D eigenvalue weighted by atomic mass is 10.2. The van der Waals surface area contributed by atoms with Gasteiger partial charge in [0.25, 0.3) is 0 Å². The number of phenols is 1. The smallest absolute Gasteiger partial charge is 0.191 e. The van der Waals surface area contributed by atoms with Crippen LogP contribution in [-0.2, 0) is 11.3 Å². The molecule has 1 aliphatic heterocycles. The highest BCUT2D eigenvalue weighted by Crippen LogP contribution is 2.26. The molecule has 7 nitrogen and oxygen atoms in total. The summed E-state index contributed by atoms with van der Waals surface area (Å²) in [5.41, 5.74) is 0.919. The van der Waals surface area contributed by atoms with Crippen LogP contribution in [0.2, 0.25) is 0 Å². The van der Waals surface area contributed by atoms with Gasteiger partial charge in [0, 0.05) is 32.7 Å². The van der Waals surface area contributed by atoms with Gasteiger partial charge in [0.2, 0.25) is 0 Å². The van der Waals surface area contributed by atoms with Crippen LogP contribution in [0, 0.1) is 5.92 Å². The molecule has 0 aliphatic carbocycles. The molecular weight excluding hydrogens is 471 g/mol. The molecule has 28 heavy (non-hydrogen) atoms. The average Bonchev–Trinajstić information content (AvgIpc) is 2.64. The van der Waals surface area contributed by atoms with Crippen LogP contribution in [0.1, 0.15) is 26.3 Å². The molecule has 160 valence electrons. The van der Waals surface area contributed by atoms with Gasteiger partial charge in [-0.3, -0.25) is 4.90 Å². The van der Waals surface area contributed by atoms with E-state index < -0.39 is 0 Å². The normalized spacial score (nSPS) is 17.9. The third kappa shape index (κ3) is 8.40. The molecule has 0 bridgehead atoms. The number of nitrogens with one attached hydrogen (secondary N) is 2. The number of methoxy groups -OCH3 is 1. The standard InChI is InChI=1S/C20H34N4O3.HI/c1-5-21-20(22-11-16-6-7-19(26-4)18(25)10-16)23-12-17-14-24(8-9-27-17)13-15(2)3;/h6-7,10,15,17,25H,5,8-9,11-14H2,1-4H3,(H2,21,22,23);1H. The van der Waals surface area contributed by atoms with Crippen molar-refractivity contribution in [2.24, 2.45) is 10.9 Å². The molecule has 1 aromatic rings. The molecule has 1 unspecified atom stereocenters. The number of aliphatic imine (C=N–C) groups is 1. The number of benzene rings is 1. The van der Waals surface area contributed by atoms with Gasteiger partial charge in [0.05, 0.1) is 26.4 Å². The molecule has 3 N–H and O–H groups in total. The maximum Gasteiger partial charge on any atom is 0.191 e. The maximum atomic E-state index is 9.89. The topological polar surface area (TPSA) is 78.4 Å². The first-order chi connectivity index (χ1) is 13.0. The van der Waals surface area contributed by atoms with E-state index in [1.807, 2.05) is 13.0 Å². The van der Waals surface area contributed by atoms with E-state index in [1.54, 1.807) is 12.1 Å². The SMILES string of the molecule is CCNC(=NCc1ccc(OC)c(O)c1)NCC1CN(CC(C)C)CCO1.I. The van der Waals surface area contributed by atoms with Crippen LogP contribution in [0.15, 0.2) is 23.2 Å². The molecule has 0 saturated carbocycles. The molecule has 1 aromatic carbocycles. The minimum absolute atomic E-state index is 0. The fourth-order valence-corrected chi connectivity index (χ4v) is 3.14. The minimum Gasteiger partial charge on any atom is -0.504 e. The van der Waals surface area contributed by atoms with Crippen LogP contribution >= 0.6 is 24.0 Å². The second-order valence-electron chi connectivity index (χ2n) is 7.23. The second kappa shape index (κ2) is 13.1. The summed E-state index contributed by atoms with van der Waals surface area (Å²) in [7, 11) is 1.54. The molecular formula is C20H35IN4O3. The molecule has 1 atom stereocenters. The van der Waals surface area contributed by atoms with Gasteiger partial charge in [-0.1, -0.05) is 19.9 Å². The van der Waals surface area contributed by atoms with Crippen molar-refractivity contribution < 1.29 is 14.6 Å². The lowest BCUT2D eigenvalue weighted by molar-refractivity contribution is -0.0284. The molecule has 0 aromatic heterocycles. The minimum atomic E-state index is 0. The molecule has 1 heterocycles. The van der Waals surface area contributed by atoms with Crippen molar-refractivity contribution in [3.05, 3.63) is 23.8 Å². The summed E-state index contributed by atoms with van der Waals surface area (Å²) in [6.07, 6.45) is 0.159. The summed E-state index contributed by atoms with van der Waals surface area (Å²) in [5, 5.41) is 16.5. The Morgan fingerprint density at radius 3 is 2.82 bits per heavy atom. The van der Waals surface area contributed by atoms with Gasteiger partial charge in [-0.25, -0.2) is 4.99 Å². The molecule has 0 spiro atoms. The van der Waals surface area contributed by atoms with Gasteiger partial charge in [0.1, 0.15) is 0 Å². The molecule has 0 amide bonds. The highest BCUT2D eigenvalue weighted by molar-refractivity contribution is 14.0. The lowest BCUT2D eigenvalue weighted by Gasteiger charge is -2.34. The van der Waals surface area contributed by atoms with E-state index in [1.165, 1.54) is 7.11 Å². The average molecular weight is 506 g/mol. The van der Waals surface area contributed by atoms with Crippen molar-refractivity contribution in [3.8, 4) is 11.5 Å². The van der Waals surface area contributed by atoms with Gasteiger partial charge < -0.3 is 25.2 Å². The Morgan fingerprint density at radius 2 is 2.18 bits per heavy atom. The first-order valence-corrected chi connectivity index (χ1v) is 9.73. The Hall–Kier alpha value is -1.26. The molecule has 1 aliphatic rings. The Morgan fingerprint density at radius 1 is 1.39 bits per heavy atom. The number of ether oxygens (including phenoxy) is 2. The maximum absolute atomic E-state index is 9.89. The van der Waals surface area contributed by atoms with Crippen molar-refractivity contribution in [3.63, 3.8) is 0 Å². The van der Waals surface area contributed by atoms with Crippen LogP contribution in [0.25, 0.3) is 0 Å². The Kier molecular flexibility index (Phi) is 11.6. The van der Waals surface area contributed by atoms with E-state index in [9.17, 15) is 5.11 Å². The Balaban J connectivity index is 0.00000392. The molecule has 1 fully saturated rings.